The van der Waals surface area contributed by atoms with Gasteiger partial charge in [-0.2, -0.15) is 0 Å². The van der Waals surface area contributed by atoms with Crippen molar-refractivity contribution in [2.24, 2.45) is 0 Å². The molecule has 22 heavy (non-hydrogen) atoms. The third-order valence-corrected chi connectivity index (χ3v) is 3.83. The van der Waals surface area contributed by atoms with Gasteiger partial charge in [-0.15, -0.1) is 0 Å². The summed E-state index contributed by atoms with van der Waals surface area (Å²) in [5.74, 6) is -0.150. The Morgan fingerprint density at radius 3 is 2.27 bits per heavy atom. The highest BCUT2D eigenvalue weighted by Gasteiger charge is 2.15. The lowest BCUT2D eigenvalue weighted by atomic mass is 10.0. The molecular weight excluding hydrogens is 274 g/mol. The molecule has 0 aliphatic rings. The fourth-order valence-corrected chi connectivity index (χ4v) is 2.39. The third kappa shape index (κ3) is 4.43. The molecule has 0 aromatic heterocycles. The van der Waals surface area contributed by atoms with E-state index < -0.39 is 6.10 Å². The minimum absolute atomic E-state index is 0.0682. The predicted octanol–water partition coefficient (Wildman–Crippen LogP) is 3.55. The summed E-state index contributed by atoms with van der Waals surface area (Å²) in [5.41, 5.74) is 3.11. The highest BCUT2D eigenvalue weighted by Crippen LogP contribution is 2.18. The van der Waals surface area contributed by atoms with E-state index in [1.165, 1.54) is 5.56 Å². The number of carbonyl (C=O) groups excluding carboxylic acids is 1. The van der Waals surface area contributed by atoms with Gasteiger partial charge >= 0.3 is 0 Å². The second-order valence-corrected chi connectivity index (χ2v) is 5.51. The summed E-state index contributed by atoms with van der Waals surface area (Å²) in [6.45, 7) is 4.07. The molecule has 2 aromatic carbocycles. The molecule has 1 amide bonds. The number of aliphatic hydroxyl groups excluding tert-OH is 1. The average Bonchev–Trinajstić information content (AvgIpc) is 2.55. The van der Waals surface area contributed by atoms with Gasteiger partial charge in [-0.1, -0.05) is 61.5 Å². The molecule has 3 heteroatoms. The first-order valence-electron chi connectivity index (χ1n) is 7.71. The van der Waals surface area contributed by atoms with E-state index >= 15 is 0 Å². The van der Waals surface area contributed by atoms with Gasteiger partial charge in [0.1, 0.15) is 0 Å². The van der Waals surface area contributed by atoms with Crippen molar-refractivity contribution < 1.29 is 9.90 Å². The molecule has 0 radical (unpaired) electrons. The molecule has 2 unspecified atom stereocenters. The second-order valence-electron chi connectivity index (χ2n) is 5.51. The summed E-state index contributed by atoms with van der Waals surface area (Å²) in [4.78, 5) is 12.1. The maximum Gasteiger partial charge on any atom is 0.223 e. The SMILES string of the molecule is CCc1ccc(C(C)NC(=O)CC(O)c2ccccc2)cc1. The van der Waals surface area contributed by atoms with E-state index in [0.29, 0.717) is 0 Å². The predicted molar refractivity (Wildman–Crippen MR) is 88.4 cm³/mol. The highest BCUT2D eigenvalue weighted by molar-refractivity contribution is 5.77. The van der Waals surface area contributed by atoms with Gasteiger partial charge < -0.3 is 10.4 Å². The zero-order chi connectivity index (χ0) is 15.9. The molecule has 0 aliphatic heterocycles. The van der Waals surface area contributed by atoms with Crippen molar-refractivity contribution in [3.05, 3.63) is 71.3 Å². The van der Waals surface area contributed by atoms with Crippen molar-refractivity contribution >= 4 is 5.91 Å². The summed E-state index contributed by atoms with van der Waals surface area (Å²) < 4.78 is 0. The lowest BCUT2D eigenvalue weighted by Crippen LogP contribution is -2.28. The van der Waals surface area contributed by atoms with Gasteiger partial charge in [0, 0.05) is 0 Å². The maximum atomic E-state index is 12.1. The topological polar surface area (TPSA) is 49.3 Å². The quantitative estimate of drug-likeness (QED) is 0.856. The van der Waals surface area contributed by atoms with E-state index in [0.717, 1.165) is 17.5 Å². The lowest BCUT2D eigenvalue weighted by Gasteiger charge is -2.17. The van der Waals surface area contributed by atoms with Gasteiger partial charge in [-0.3, -0.25) is 4.79 Å². The number of hydrogen-bond donors (Lipinski definition) is 2. The van der Waals surface area contributed by atoms with E-state index in [9.17, 15) is 9.90 Å². The molecule has 2 N–H and O–H groups in total. The molecule has 0 fully saturated rings. The Kier molecular flexibility index (Phi) is 5.73. The number of hydrogen-bond acceptors (Lipinski definition) is 2. The molecular formula is C19H23NO2. The standard InChI is InChI=1S/C19H23NO2/c1-3-15-9-11-16(12-10-15)14(2)20-19(22)13-18(21)17-7-5-4-6-8-17/h4-12,14,18,21H,3,13H2,1-2H3,(H,20,22). The van der Waals surface area contributed by atoms with Crippen LogP contribution in [0.4, 0.5) is 0 Å². The number of aryl methyl sites for hydroxylation is 1. The van der Waals surface area contributed by atoms with Crippen molar-refractivity contribution in [1.82, 2.24) is 5.32 Å². The van der Waals surface area contributed by atoms with Crippen LogP contribution in [0.3, 0.4) is 0 Å². The van der Waals surface area contributed by atoms with Gasteiger partial charge in [-0.25, -0.2) is 0 Å². The van der Waals surface area contributed by atoms with Crippen LogP contribution in [-0.2, 0) is 11.2 Å². The van der Waals surface area contributed by atoms with Crippen LogP contribution in [0.2, 0.25) is 0 Å². The van der Waals surface area contributed by atoms with Crippen molar-refractivity contribution in [3.63, 3.8) is 0 Å². The molecule has 116 valence electrons. The minimum Gasteiger partial charge on any atom is -0.388 e. The number of nitrogens with one attached hydrogen (secondary N) is 1. The number of aliphatic hydroxyl groups is 1. The van der Waals surface area contributed by atoms with Crippen molar-refractivity contribution in [3.8, 4) is 0 Å². The largest absolute Gasteiger partial charge is 0.388 e. The third-order valence-electron chi connectivity index (χ3n) is 3.83. The van der Waals surface area contributed by atoms with Crippen molar-refractivity contribution in [2.45, 2.75) is 38.8 Å². The fraction of sp³-hybridized carbons (Fsp3) is 0.316. The Balaban J connectivity index is 1.90. The summed E-state index contributed by atoms with van der Waals surface area (Å²) >= 11 is 0. The van der Waals surface area contributed by atoms with Crippen LogP contribution in [0, 0.1) is 0 Å². The fourth-order valence-electron chi connectivity index (χ4n) is 2.39. The summed E-state index contributed by atoms with van der Waals surface area (Å²) in [6.07, 6.45) is 0.307. The first kappa shape index (κ1) is 16.2. The van der Waals surface area contributed by atoms with Crippen LogP contribution in [0.1, 0.15) is 49.1 Å². The van der Waals surface area contributed by atoms with E-state index in [2.05, 4.69) is 24.4 Å². The molecule has 0 aliphatic carbocycles. The van der Waals surface area contributed by atoms with E-state index in [-0.39, 0.29) is 18.4 Å². The van der Waals surface area contributed by atoms with Crippen LogP contribution >= 0.6 is 0 Å². The lowest BCUT2D eigenvalue weighted by molar-refractivity contribution is -0.123. The van der Waals surface area contributed by atoms with Gasteiger partial charge in [-0.05, 0) is 30.0 Å². The van der Waals surface area contributed by atoms with E-state index in [1.807, 2.05) is 49.4 Å². The van der Waals surface area contributed by atoms with Gasteiger partial charge in [0.25, 0.3) is 0 Å². The van der Waals surface area contributed by atoms with Crippen LogP contribution in [-0.4, -0.2) is 11.0 Å². The minimum atomic E-state index is -0.768. The first-order chi connectivity index (χ1) is 10.6. The van der Waals surface area contributed by atoms with Crippen molar-refractivity contribution in [1.29, 1.82) is 0 Å². The molecule has 2 rings (SSSR count). The zero-order valence-electron chi connectivity index (χ0n) is 13.1. The molecule has 2 aromatic rings. The monoisotopic (exact) mass is 297 g/mol. The molecule has 0 saturated heterocycles. The Morgan fingerprint density at radius 2 is 1.68 bits per heavy atom. The Hall–Kier alpha value is -2.13. The first-order valence-corrected chi connectivity index (χ1v) is 7.71. The highest BCUT2D eigenvalue weighted by atomic mass is 16.3. The Labute approximate surface area is 132 Å². The van der Waals surface area contributed by atoms with Crippen LogP contribution in [0.15, 0.2) is 54.6 Å². The molecule has 0 spiro atoms. The molecule has 0 saturated carbocycles. The smallest absolute Gasteiger partial charge is 0.223 e. The number of amides is 1. The number of rotatable bonds is 6. The van der Waals surface area contributed by atoms with Crippen LogP contribution < -0.4 is 5.32 Å². The van der Waals surface area contributed by atoms with Crippen LogP contribution in [0.25, 0.3) is 0 Å². The summed E-state index contributed by atoms with van der Waals surface area (Å²) in [7, 11) is 0. The maximum absolute atomic E-state index is 12.1. The van der Waals surface area contributed by atoms with Gasteiger partial charge in [0.15, 0.2) is 0 Å². The molecule has 2 atom stereocenters. The van der Waals surface area contributed by atoms with Crippen LogP contribution in [0.5, 0.6) is 0 Å². The molecule has 0 heterocycles. The van der Waals surface area contributed by atoms with E-state index in [4.69, 9.17) is 0 Å². The average molecular weight is 297 g/mol. The number of benzene rings is 2. The Morgan fingerprint density at radius 1 is 1.05 bits per heavy atom. The van der Waals surface area contributed by atoms with Gasteiger partial charge in [0.05, 0.1) is 18.6 Å². The summed E-state index contributed by atoms with van der Waals surface area (Å²) in [5, 5.41) is 13.0. The zero-order valence-corrected chi connectivity index (χ0v) is 13.1. The normalized spacial score (nSPS) is 13.4. The molecule has 3 nitrogen and oxygen atoms in total. The van der Waals surface area contributed by atoms with E-state index in [1.54, 1.807) is 0 Å². The second kappa shape index (κ2) is 7.76. The van der Waals surface area contributed by atoms with Crippen molar-refractivity contribution in [2.75, 3.05) is 0 Å². The Bertz CT molecular complexity index is 593. The van der Waals surface area contributed by atoms with Gasteiger partial charge in [0.2, 0.25) is 5.91 Å². The molecule has 0 bridgehead atoms. The summed E-state index contributed by atoms with van der Waals surface area (Å²) in [6, 6.07) is 17.4. The number of carbonyl (C=O) groups is 1.